The zero-order chi connectivity index (χ0) is 6.85. The van der Waals surface area contributed by atoms with E-state index in [1.165, 1.54) is 17.5 Å². The van der Waals surface area contributed by atoms with Gasteiger partial charge in [-0.25, -0.2) is 0 Å². The number of hydrogen-bond acceptors (Lipinski definition) is 4. The molecule has 0 radical (unpaired) electrons. The molecule has 0 fully saturated rings. The fourth-order valence-electron chi connectivity index (χ4n) is 0.497. The van der Waals surface area contributed by atoms with Gasteiger partial charge in [-0.15, -0.1) is 11.3 Å². The van der Waals surface area contributed by atoms with Gasteiger partial charge in [0, 0.05) is 6.20 Å². The average Bonchev–Trinajstić information content (AvgIpc) is 2.14. The second-order valence-corrected chi connectivity index (χ2v) is 2.92. The zero-order valence-corrected chi connectivity index (χ0v) is 5.72. The lowest BCUT2D eigenvalue weighted by Crippen LogP contribution is -2.26. The van der Waals surface area contributed by atoms with E-state index in [9.17, 15) is 0 Å². The molecule has 1 aromatic rings. The highest BCUT2D eigenvalue weighted by Gasteiger charge is 2.12. The van der Waals surface area contributed by atoms with E-state index in [1.54, 1.807) is 0 Å². The van der Waals surface area contributed by atoms with E-state index in [2.05, 4.69) is 4.98 Å². The molecule has 0 spiro atoms. The Bertz CT molecular complexity index is 200. The third-order valence-electron chi connectivity index (χ3n) is 0.894. The Morgan fingerprint density at radius 3 is 2.56 bits per heavy atom. The minimum Gasteiger partial charge on any atom is -0.423 e. The lowest BCUT2D eigenvalue weighted by atomic mass is 9.91. The van der Waals surface area contributed by atoms with Crippen molar-refractivity contribution in [2.45, 2.75) is 6.92 Å². The van der Waals surface area contributed by atoms with Crippen LogP contribution in [0.25, 0.3) is 0 Å². The second kappa shape index (κ2) is 2.47. The summed E-state index contributed by atoms with van der Waals surface area (Å²) in [6, 6.07) is 0. The molecule has 0 atom stereocenters. The fraction of sp³-hybridized carbons (Fsp3) is 0.250. The third kappa shape index (κ3) is 1.51. The first-order chi connectivity index (χ1) is 4.20. The lowest BCUT2D eigenvalue weighted by molar-refractivity contribution is 0.427. The predicted octanol–water partition coefficient (Wildman–Crippen LogP) is -0.869. The average molecular weight is 143 g/mol. The summed E-state index contributed by atoms with van der Waals surface area (Å²) >= 11 is 1.28. The number of hydrogen-bond donors (Lipinski definition) is 2. The Balaban J connectivity index is 2.85. The highest BCUT2D eigenvalue weighted by atomic mass is 32.1. The van der Waals surface area contributed by atoms with Crippen molar-refractivity contribution in [3.05, 3.63) is 11.2 Å². The molecule has 0 aliphatic carbocycles. The molecular formula is C4H6BNO2S. The van der Waals surface area contributed by atoms with Gasteiger partial charge in [-0.05, 0) is 6.92 Å². The van der Waals surface area contributed by atoms with Crippen molar-refractivity contribution in [1.29, 1.82) is 0 Å². The van der Waals surface area contributed by atoms with E-state index in [0.29, 0.717) is 4.78 Å². The molecule has 48 valence electrons. The molecule has 0 aromatic carbocycles. The van der Waals surface area contributed by atoms with Gasteiger partial charge < -0.3 is 10.0 Å². The predicted molar refractivity (Wildman–Crippen MR) is 36.7 cm³/mol. The van der Waals surface area contributed by atoms with Crippen LogP contribution in [0.3, 0.4) is 0 Å². The molecule has 0 bridgehead atoms. The molecular weight excluding hydrogens is 137 g/mol. The Labute approximate surface area is 57.1 Å². The van der Waals surface area contributed by atoms with Gasteiger partial charge in [0.2, 0.25) is 0 Å². The van der Waals surface area contributed by atoms with E-state index in [0.717, 1.165) is 5.01 Å². The summed E-state index contributed by atoms with van der Waals surface area (Å²) in [7, 11) is -1.36. The van der Waals surface area contributed by atoms with Gasteiger partial charge in [0.15, 0.2) is 0 Å². The molecule has 9 heavy (non-hydrogen) atoms. The van der Waals surface area contributed by atoms with Crippen molar-refractivity contribution >= 4 is 23.2 Å². The Kier molecular flexibility index (Phi) is 1.85. The second-order valence-electron chi connectivity index (χ2n) is 1.66. The summed E-state index contributed by atoms with van der Waals surface area (Å²) < 4.78 is 0.493. The van der Waals surface area contributed by atoms with Crippen molar-refractivity contribution < 1.29 is 10.0 Å². The number of aromatic nitrogens is 1. The van der Waals surface area contributed by atoms with Gasteiger partial charge in [0.25, 0.3) is 0 Å². The van der Waals surface area contributed by atoms with Crippen molar-refractivity contribution in [2.75, 3.05) is 0 Å². The van der Waals surface area contributed by atoms with Crippen LogP contribution in [0.15, 0.2) is 6.20 Å². The Morgan fingerprint density at radius 2 is 2.33 bits per heavy atom. The van der Waals surface area contributed by atoms with Gasteiger partial charge >= 0.3 is 7.12 Å². The van der Waals surface area contributed by atoms with Crippen LogP contribution in [0.5, 0.6) is 0 Å². The number of nitrogens with zero attached hydrogens (tertiary/aromatic N) is 1. The highest BCUT2D eigenvalue weighted by Crippen LogP contribution is 1.98. The summed E-state index contributed by atoms with van der Waals surface area (Å²) in [5.41, 5.74) is 0. The van der Waals surface area contributed by atoms with Crippen molar-refractivity contribution in [1.82, 2.24) is 4.98 Å². The molecule has 0 amide bonds. The largest absolute Gasteiger partial charge is 0.500 e. The normalized spacial score (nSPS) is 9.67. The minimum atomic E-state index is -1.36. The van der Waals surface area contributed by atoms with Crippen LogP contribution >= 0.6 is 11.3 Å². The topological polar surface area (TPSA) is 53.4 Å². The standard InChI is InChI=1S/C4H6BNO2S/c1-3-6-2-4(9-3)5(7)8/h2,7-8H,1H3. The van der Waals surface area contributed by atoms with E-state index < -0.39 is 7.12 Å². The molecule has 0 unspecified atom stereocenters. The Hall–Kier alpha value is -0.385. The van der Waals surface area contributed by atoms with Gasteiger partial charge in [0.05, 0.1) is 9.78 Å². The fourth-order valence-corrected chi connectivity index (χ4v) is 1.15. The highest BCUT2D eigenvalue weighted by molar-refractivity contribution is 7.21. The summed E-state index contributed by atoms with van der Waals surface area (Å²) in [6.45, 7) is 1.82. The SMILES string of the molecule is Cc1ncc(B(O)O)s1. The van der Waals surface area contributed by atoms with Crippen LogP contribution in [-0.2, 0) is 0 Å². The first kappa shape index (κ1) is 6.73. The monoisotopic (exact) mass is 143 g/mol. The van der Waals surface area contributed by atoms with Crippen molar-refractivity contribution in [3.63, 3.8) is 0 Å². The lowest BCUT2D eigenvalue weighted by Gasteiger charge is -1.86. The quantitative estimate of drug-likeness (QED) is 0.502. The molecule has 1 heterocycles. The molecule has 0 aliphatic rings. The molecule has 0 saturated carbocycles. The summed E-state index contributed by atoms with van der Waals surface area (Å²) in [4.78, 5) is 3.84. The van der Waals surface area contributed by atoms with E-state index in [-0.39, 0.29) is 0 Å². The van der Waals surface area contributed by atoms with Crippen LogP contribution in [-0.4, -0.2) is 22.2 Å². The molecule has 2 N–H and O–H groups in total. The van der Waals surface area contributed by atoms with Crippen molar-refractivity contribution in [2.24, 2.45) is 0 Å². The molecule has 5 heteroatoms. The molecule has 0 aliphatic heterocycles. The summed E-state index contributed by atoms with van der Waals surface area (Å²) in [5, 5.41) is 18.0. The molecule has 0 saturated heterocycles. The minimum absolute atomic E-state index is 0.493. The summed E-state index contributed by atoms with van der Waals surface area (Å²) in [6.07, 6.45) is 1.46. The van der Waals surface area contributed by atoms with E-state index in [4.69, 9.17) is 10.0 Å². The van der Waals surface area contributed by atoms with E-state index >= 15 is 0 Å². The van der Waals surface area contributed by atoms with Crippen LogP contribution in [0, 0.1) is 6.92 Å². The van der Waals surface area contributed by atoms with Gasteiger partial charge in [-0.3, -0.25) is 4.98 Å². The zero-order valence-electron chi connectivity index (χ0n) is 4.90. The number of aryl methyl sites for hydroxylation is 1. The number of rotatable bonds is 1. The van der Waals surface area contributed by atoms with Crippen LogP contribution < -0.4 is 4.78 Å². The van der Waals surface area contributed by atoms with Crippen LogP contribution in [0.1, 0.15) is 5.01 Å². The third-order valence-corrected chi connectivity index (χ3v) is 1.85. The van der Waals surface area contributed by atoms with Gasteiger partial charge in [-0.2, -0.15) is 0 Å². The van der Waals surface area contributed by atoms with Gasteiger partial charge in [0.1, 0.15) is 0 Å². The maximum Gasteiger partial charge on any atom is 0.500 e. The Morgan fingerprint density at radius 1 is 1.67 bits per heavy atom. The smallest absolute Gasteiger partial charge is 0.423 e. The number of thiazole rings is 1. The maximum absolute atomic E-state index is 8.56. The first-order valence-electron chi connectivity index (χ1n) is 2.48. The van der Waals surface area contributed by atoms with E-state index in [1.807, 2.05) is 6.92 Å². The van der Waals surface area contributed by atoms with Crippen molar-refractivity contribution in [3.8, 4) is 0 Å². The molecule has 1 aromatic heterocycles. The van der Waals surface area contributed by atoms with Crippen LogP contribution in [0.2, 0.25) is 0 Å². The molecule has 3 nitrogen and oxygen atoms in total. The van der Waals surface area contributed by atoms with Crippen LogP contribution in [0.4, 0.5) is 0 Å². The summed E-state index contributed by atoms with van der Waals surface area (Å²) in [5.74, 6) is 0. The van der Waals surface area contributed by atoms with Gasteiger partial charge in [-0.1, -0.05) is 0 Å². The first-order valence-corrected chi connectivity index (χ1v) is 3.30. The maximum atomic E-state index is 8.56. The molecule has 1 rings (SSSR count).